The first kappa shape index (κ1) is 15.1. The fourth-order valence-corrected chi connectivity index (χ4v) is 2.47. The van der Waals surface area contributed by atoms with Gasteiger partial charge in [-0.2, -0.15) is 0 Å². The Morgan fingerprint density at radius 2 is 1.90 bits per heavy atom. The van der Waals surface area contributed by atoms with Crippen molar-refractivity contribution in [3.63, 3.8) is 0 Å². The molecule has 2 aromatic rings. The lowest BCUT2D eigenvalue weighted by Gasteiger charge is -2.08. The van der Waals surface area contributed by atoms with Crippen LogP contribution in [0.15, 0.2) is 35.5 Å². The largest absolute Gasteiger partial charge is 0.296 e. The normalized spacial score (nSPS) is 11.1. The second-order valence-corrected chi connectivity index (χ2v) is 5.70. The Bertz CT molecular complexity index is 797. The highest BCUT2D eigenvalue weighted by molar-refractivity contribution is 7.92. The molecule has 0 atom stereocenters. The highest BCUT2D eigenvalue weighted by Gasteiger charge is 2.24. The van der Waals surface area contributed by atoms with Crippen LogP contribution in [0.1, 0.15) is 0 Å². The maximum atomic E-state index is 13.6. The summed E-state index contributed by atoms with van der Waals surface area (Å²) in [5.74, 6) is -1.08. The predicted octanol–water partition coefficient (Wildman–Crippen LogP) is 1.98. The molecule has 8 nitrogen and oxygen atoms in total. The topological polar surface area (TPSA) is 115 Å². The molecule has 2 rings (SSSR count). The van der Waals surface area contributed by atoms with E-state index in [9.17, 15) is 22.9 Å². The number of anilines is 1. The molecule has 0 spiro atoms. The summed E-state index contributed by atoms with van der Waals surface area (Å²) in [6.07, 6.45) is 1.79. The predicted molar refractivity (Wildman–Crippen MR) is 70.9 cm³/mol. The zero-order chi connectivity index (χ0) is 15.6. The van der Waals surface area contributed by atoms with Gasteiger partial charge in [0.15, 0.2) is 11.5 Å². The van der Waals surface area contributed by atoms with Crippen LogP contribution in [0.25, 0.3) is 0 Å². The first-order valence-electron chi connectivity index (χ1n) is 5.24. The molecular weight excluding hydrogens is 327 g/mol. The molecule has 1 aromatic carbocycles. The molecular formula is C10H6ClFN4O4S. The Morgan fingerprint density at radius 1 is 1.29 bits per heavy atom. The fourth-order valence-electron chi connectivity index (χ4n) is 1.40. The number of benzene rings is 1. The highest BCUT2D eigenvalue weighted by atomic mass is 35.5. The van der Waals surface area contributed by atoms with Crippen molar-refractivity contribution in [1.82, 2.24) is 9.97 Å². The lowest BCUT2D eigenvalue weighted by Crippen LogP contribution is -2.15. The molecule has 1 N–H and O–H groups in total. The molecule has 0 fully saturated rings. The molecule has 0 amide bonds. The smallest absolute Gasteiger partial charge is 0.270 e. The Hall–Kier alpha value is -2.33. The van der Waals surface area contributed by atoms with Crippen molar-refractivity contribution in [2.24, 2.45) is 0 Å². The van der Waals surface area contributed by atoms with Gasteiger partial charge in [0.1, 0.15) is 4.90 Å². The van der Waals surface area contributed by atoms with Gasteiger partial charge in [0, 0.05) is 6.07 Å². The van der Waals surface area contributed by atoms with Crippen molar-refractivity contribution < 1.29 is 17.7 Å². The van der Waals surface area contributed by atoms with Gasteiger partial charge in [-0.1, -0.05) is 6.07 Å². The number of nitro benzene ring substituents is 1. The summed E-state index contributed by atoms with van der Waals surface area (Å²) in [7, 11) is -4.29. The van der Waals surface area contributed by atoms with Crippen molar-refractivity contribution in [2.45, 2.75) is 4.90 Å². The highest BCUT2D eigenvalue weighted by Crippen LogP contribution is 2.29. The molecule has 0 aliphatic carbocycles. The van der Waals surface area contributed by atoms with Crippen LogP contribution in [0.4, 0.5) is 15.8 Å². The SMILES string of the molecule is O=[N+]([O-])c1cccc(F)c1NS(=O)(=O)c1cnc(Cl)nc1. The quantitative estimate of drug-likeness (QED) is 0.520. The molecule has 1 heterocycles. The van der Waals surface area contributed by atoms with E-state index in [1.807, 2.05) is 0 Å². The third-order valence-electron chi connectivity index (χ3n) is 2.33. The zero-order valence-electron chi connectivity index (χ0n) is 10.0. The number of sulfonamides is 1. The number of hydrogen-bond donors (Lipinski definition) is 1. The van der Waals surface area contributed by atoms with Gasteiger partial charge in [-0.25, -0.2) is 22.8 Å². The number of para-hydroxylation sites is 1. The molecule has 21 heavy (non-hydrogen) atoms. The standard InChI is InChI=1S/C10H6ClFN4O4S/c11-10-13-4-6(5-14-10)21(19,20)15-9-7(12)2-1-3-8(9)16(17)18/h1-5,15H. The minimum Gasteiger partial charge on any atom is -0.270 e. The molecule has 0 unspecified atom stereocenters. The average Bonchev–Trinajstić information content (AvgIpc) is 2.41. The Kier molecular flexibility index (Phi) is 4.00. The Labute approximate surface area is 122 Å². The maximum Gasteiger partial charge on any atom is 0.296 e. The van der Waals surface area contributed by atoms with E-state index >= 15 is 0 Å². The third kappa shape index (κ3) is 3.23. The van der Waals surface area contributed by atoms with Crippen LogP contribution < -0.4 is 4.72 Å². The van der Waals surface area contributed by atoms with E-state index in [1.54, 1.807) is 4.72 Å². The van der Waals surface area contributed by atoms with Gasteiger partial charge in [0.25, 0.3) is 15.7 Å². The van der Waals surface area contributed by atoms with Gasteiger partial charge in [-0.15, -0.1) is 0 Å². The van der Waals surface area contributed by atoms with Crippen LogP contribution in [-0.4, -0.2) is 23.3 Å². The van der Waals surface area contributed by atoms with Crippen LogP contribution in [0, 0.1) is 15.9 Å². The summed E-state index contributed by atoms with van der Waals surface area (Å²) < 4.78 is 39.5. The molecule has 0 saturated heterocycles. The zero-order valence-corrected chi connectivity index (χ0v) is 11.6. The number of halogens is 2. The summed E-state index contributed by atoms with van der Waals surface area (Å²) in [5, 5.41) is 10.6. The second kappa shape index (κ2) is 5.58. The van der Waals surface area contributed by atoms with Crippen molar-refractivity contribution >= 4 is 33.0 Å². The molecule has 110 valence electrons. The van der Waals surface area contributed by atoms with E-state index < -0.39 is 37.0 Å². The Balaban J connectivity index is 2.46. The molecule has 0 saturated carbocycles. The van der Waals surface area contributed by atoms with Crippen LogP contribution in [0.2, 0.25) is 5.28 Å². The van der Waals surface area contributed by atoms with Crippen molar-refractivity contribution in [1.29, 1.82) is 0 Å². The van der Waals surface area contributed by atoms with Crippen LogP contribution in [0.5, 0.6) is 0 Å². The van der Waals surface area contributed by atoms with E-state index in [0.29, 0.717) is 0 Å². The summed E-state index contributed by atoms with van der Waals surface area (Å²) in [4.78, 5) is 16.4. The van der Waals surface area contributed by atoms with E-state index in [0.717, 1.165) is 30.6 Å². The van der Waals surface area contributed by atoms with E-state index in [4.69, 9.17) is 11.6 Å². The number of rotatable bonds is 4. The molecule has 0 radical (unpaired) electrons. The summed E-state index contributed by atoms with van der Waals surface area (Å²) >= 11 is 5.43. The first-order valence-corrected chi connectivity index (χ1v) is 7.10. The average molecular weight is 333 g/mol. The van der Waals surface area contributed by atoms with E-state index in [-0.39, 0.29) is 5.28 Å². The molecule has 11 heteroatoms. The fraction of sp³-hybridized carbons (Fsp3) is 0. The van der Waals surface area contributed by atoms with Crippen molar-refractivity contribution in [3.05, 3.63) is 51.8 Å². The van der Waals surface area contributed by atoms with Gasteiger partial charge in [0.2, 0.25) is 5.28 Å². The summed E-state index contributed by atoms with van der Waals surface area (Å²) in [6, 6.07) is 2.96. The van der Waals surface area contributed by atoms with E-state index in [2.05, 4.69) is 9.97 Å². The van der Waals surface area contributed by atoms with Gasteiger partial charge in [0.05, 0.1) is 17.3 Å². The molecule has 0 bridgehead atoms. The third-order valence-corrected chi connectivity index (χ3v) is 3.83. The summed E-state index contributed by atoms with van der Waals surface area (Å²) in [6.45, 7) is 0. The maximum absolute atomic E-state index is 13.6. The number of nitro groups is 1. The van der Waals surface area contributed by atoms with Gasteiger partial charge in [-0.3, -0.25) is 14.8 Å². The monoisotopic (exact) mass is 332 g/mol. The van der Waals surface area contributed by atoms with E-state index in [1.165, 1.54) is 0 Å². The lowest BCUT2D eigenvalue weighted by atomic mass is 10.2. The summed E-state index contributed by atoms with van der Waals surface area (Å²) in [5.41, 5.74) is -1.48. The minimum absolute atomic E-state index is 0.175. The van der Waals surface area contributed by atoms with Crippen molar-refractivity contribution in [3.8, 4) is 0 Å². The van der Waals surface area contributed by atoms with Crippen molar-refractivity contribution in [2.75, 3.05) is 4.72 Å². The van der Waals surface area contributed by atoms with Gasteiger partial charge >= 0.3 is 0 Å². The first-order chi connectivity index (χ1) is 9.81. The molecule has 1 aromatic heterocycles. The number of nitrogens with zero attached hydrogens (tertiary/aromatic N) is 3. The van der Waals surface area contributed by atoms with Crippen LogP contribution >= 0.6 is 11.6 Å². The van der Waals surface area contributed by atoms with Gasteiger partial charge in [-0.05, 0) is 17.7 Å². The van der Waals surface area contributed by atoms with Gasteiger partial charge < -0.3 is 0 Å². The van der Waals surface area contributed by atoms with Crippen LogP contribution in [-0.2, 0) is 10.0 Å². The molecule has 0 aliphatic rings. The van der Waals surface area contributed by atoms with Crippen LogP contribution in [0.3, 0.4) is 0 Å². The second-order valence-electron chi connectivity index (χ2n) is 3.68. The molecule has 0 aliphatic heterocycles. The lowest BCUT2D eigenvalue weighted by molar-refractivity contribution is -0.384. The number of hydrogen-bond acceptors (Lipinski definition) is 6. The Morgan fingerprint density at radius 3 is 2.48 bits per heavy atom. The number of nitrogens with one attached hydrogen (secondary N) is 1. The minimum atomic E-state index is -4.29. The number of aromatic nitrogens is 2.